The topological polar surface area (TPSA) is 66.4 Å². The van der Waals surface area contributed by atoms with Gasteiger partial charge in [-0.25, -0.2) is 17.5 Å². The largest absolute Gasteiger partial charge is 0.396 e. The van der Waals surface area contributed by atoms with Crippen LogP contribution >= 0.6 is 0 Å². The van der Waals surface area contributed by atoms with E-state index in [1.165, 1.54) is 25.1 Å². The van der Waals surface area contributed by atoms with Crippen molar-refractivity contribution in [1.29, 1.82) is 0 Å². The van der Waals surface area contributed by atoms with Crippen LogP contribution in [0.3, 0.4) is 0 Å². The van der Waals surface area contributed by atoms with Gasteiger partial charge in [-0.15, -0.1) is 0 Å². The van der Waals surface area contributed by atoms with E-state index in [2.05, 4.69) is 4.72 Å². The zero-order chi connectivity index (χ0) is 13.8. The molecule has 0 spiro atoms. The fourth-order valence-corrected chi connectivity index (χ4v) is 3.20. The third-order valence-electron chi connectivity index (χ3n) is 2.66. The zero-order valence-corrected chi connectivity index (χ0v) is 11.3. The van der Waals surface area contributed by atoms with E-state index >= 15 is 0 Å². The molecule has 0 amide bonds. The summed E-state index contributed by atoms with van der Waals surface area (Å²) in [6.07, 6.45) is 1.05. The lowest BCUT2D eigenvalue weighted by Crippen LogP contribution is -2.33. The molecule has 0 aliphatic rings. The summed E-state index contributed by atoms with van der Waals surface area (Å²) in [5.41, 5.74) is 0.111. The van der Waals surface area contributed by atoms with Gasteiger partial charge in [0.05, 0.1) is 4.90 Å². The second kappa shape index (κ2) is 6.26. The van der Waals surface area contributed by atoms with Gasteiger partial charge in [-0.3, -0.25) is 0 Å². The monoisotopic (exact) mass is 275 g/mol. The number of aliphatic hydroxyl groups excluding tert-OH is 1. The van der Waals surface area contributed by atoms with Crippen LogP contribution < -0.4 is 4.72 Å². The maximum atomic E-state index is 13.3. The second-order valence-electron chi connectivity index (χ2n) is 4.25. The maximum Gasteiger partial charge on any atom is 0.241 e. The van der Waals surface area contributed by atoms with Crippen molar-refractivity contribution in [1.82, 2.24) is 4.72 Å². The Morgan fingerprint density at radius 3 is 2.72 bits per heavy atom. The van der Waals surface area contributed by atoms with Crippen molar-refractivity contribution in [3.8, 4) is 0 Å². The Kier molecular flexibility index (Phi) is 5.25. The number of sulfonamides is 1. The van der Waals surface area contributed by atoms with E-state index in [0.717, 1.165) is 0 Å². The Bertz CT molecular complexity index is 502. The Balaban J connectivity index is 2.90. The van der Waals surface area contributed by atoms with Crippen molar-refractivity contribution in [3.63, 3.8) is 0 Å². The Hall–Kier alpha value is -0.980. The lowest BCUT2D eigenvalue weighted by atomic mass is 10.2. The number of aliphatic hydroxyl groups is 1. The number of hydrogen-bond acceptors (Lipinski definition) is 3. The van der Waals surface area contributed by atoms with Gasteiger partial charge in [-0.1, -0.05) is 6.07 Å². The predicted molar refractivity (Wildman–Crippen MR) is 67.2 cm³/mol. The highest BCUT2D eigenvalue weighted by Gasteiger charge is 2.20. The van der Waals surface area contributed by atoms with E-state index in [0.29, 0.717) is 12.8 Å². The van der Waals surface area contributed by atoms with E-state index in [1.807, 2.05) is 0 Å². The van der Waals surface area contributed by atoms with Crippen LogP contribution in [0.5, 0.6) is 0 Å². The van der Waals surface area contributed by atoms with E-state index in [-0.39, 0.29) is 23.1 Å². The first-order valence-corrected chi connectivity index (χ1v) is 7.25. The van der Waals surface area contributed by atoms with E-state index < -0.39 is 15.8 Å². The lowest BCUT2D eigenvalue weighted by molar-refractivity contribution is 0.279. The Morgan fingerprint density at radius 2 is 2.11 bits per heavy atom. The number of nitrogens with one attached hydrogen (secondary N) is 1. The van der Waals surface area contributed by atoms with Crippen LogP contribution in [0.25, 0.3) is 0 Å². The molecule has 0 saturated heterocycles. The Morgan fingerprint density at radius 1 is 1.44 bits per heavy atom. The van der Waals surface area contributed by atoms with Crippen LogP contribution in [-0.4, -0.2) is 26.2 Å². The van der Waals surface area contributed by atoms with E-state index in [1.54, 1.807) is 6.92 Å². The van der Waals surface area contributed by atoms with Gasteiger partial charge >= 0.3 is 0 Å². The molecular weight excluding hydrogens is 257 g/mol. The average molecular weight is 275 g/mol. The summed E-state index contributed by atoms with van der Waals surface area (Å²) >= 11 is 0. The predicted octanol–water partition coefficient (Wildman–Crippen LogP) is 1.57. The van der Waals surface area contributed by atoms with Gasteiger partial charge in [-0.05, 0) is 38.8 Å². The number of hydrogen-bond donors (Lipinski definition) is 2. The van der Waals surface area contributed by atoms with Gasteiger partial charge < -0.3 is 5.11 Å². The van der Waals surface area contributed by atoms with Crippen LogP contribution in [0.15, 0.2) is 23.1 Å². The quantitative estimate of drug-likeness (QED) is 0.828. The minimum absolute atomic E-state index is 0.0189. The summed E-state index contributed by atoms with van der Waals surface area (Å²) in [6.45, 7) is 3.16. The molecule has 1 atom stereocenters. The number of benzene rings is 1. The van der Waals surface area contributed by atoms with Crippen molar-refractivity contribution in [2.75, 3.05) is 6.61 Å². The summed E-state index contributed by atoms with van der Waals surface area (Å²) in [5.74, 6) is -0.541. The zero-order valence-electron chi connectivity index (χ0n) is 10.5. The molecule has 0 heterocycles. The molecule has 0 aromatic heterocycles. The molecular formula is C12H18FNO3S. The van der Waals surface area contributed by atoms with Crippen LogP contribution in [0, 0.1) is 12.7 Å². The molecule has 1 rings (SSSR count). The van der Waals surface area contributed by atoms with Gasteiger partial charge in [0.15, 0.2) is 0 Å². The fourth-order valence-electron chi connectivity index (χ4n) is 1.66. The molecule has 6 heteroatoms. The van der Waals surface area contributed by atoms with Crippen molar-refractivity contribution < 1.29 is 17.9 Å². The molecule has 0 radical (unpaired) electrons. The molecule has 1 aromatic carbocycles. The van der Waals surface area contributed by atoms with Crippen molar-refractivity contribution in [2.24, 2.45) is 0 Å². The van der Waals surface area contributed by atoms with Crippen LogP contribution in [0.1, 0.15) is 25.3 Å². The molecule has 4 nitrogen and oxygen atoms in total. The maximum absolute atomic E-state index is 13.3. The third-order valence-corrected chi connectivity index (χ3v) is 4.39. The fraction of sp³-hybridized carbons (Fsp3) is 0.500. The standard InChI is InChI=1S/C12H18FNO3S/c1-9(5-4-8-15)14-18(16,17)12-7-3-6-11(13)10(12)2/h3,6-7,9,14-15H,4-5,8H2,1-2H3. The molecule has 0 aliphatic heterocycles. The highest BCUT2D eigenvalue weighted by atomic mass is 32.2. The van der Waals surface area contributed by atoms with Crippen LogP contribution in [0.4, 0.5) is 4.39 Å². The van der Waals surface area contributed by atoms with Gasteiger partial charge in [0.25, 0.3) is 0 Å². The lowest BCUT2D eigenvalue weighted by Gasteiger charge is -2.15. The normalized spacial score (nSPS) is 13.6. The average Bonchev–Trinajstić information content (AvgIpc) is 2.29. The molecule has 0 fully saturated rings. The summed E-state index contributed by atoms with van der Waals surface area (Å²) < 4.78 is 39.9. The van der Waals surface area contributed by atoms with Gasteiger partial charge in [0, 0.05) is 18.2 Å². The molecule has 102 valence electrons. The third kappa shape index (κ3) is 3.76. The molecule has 0 bridgehead atoms. The molecule has 18 heavy (non-hydrogen) atoms. The first-order chi connectivity index (χ1) is 8.38. The summed E-state index contributed by atoms with van der Waals surface area (Å²) in [7, 11) is -3.71. The summed E-state index contributed by atoms with van der Waals surface area (Å²) in [5, 5.41) is 8.68. The first-order valence-electron chi connectivity index (χ1n) is 5.77. The summed E-state index contributed by atoms with van der Waals surface area (Å²) in [6, 6.07) is 3.67. The highest BCUT2D eigenvalue weighted by molar-refractivity contribution is 7.89. The van der Waals surface area contributed by atoms with Gasteiger partial charge in [-0.2, -0.15) is 0 Å². The van der Waals surface area contributed by atoms with E-state index in [9.17, 15) is 12.8 Å². The molecule has 0 saturated carbocycles. The number of halogens is 1. The minimum atomic E-state index is -3.71. The minimum Gasteiger partial charge on any atom is -0.396 e. The van der Waals surface area contributed by atoms with Crippen LogP contribution in [0.2, 0.25) is 0 Å². The van der Waals surface area contributed by atoms with Gasteiger partial charge in [0.1, 0.15) is 5.82 Å². The highest BCUT2D eigenvalue weighted by Crippen LogP contribution is 2.18. The molecule has 2 N–H and O–H groups in total. The molecule has 1 aromatic rings. The smallest absolute Gasteiger partial charge is 0.241 e. The van der Waals surface area contributed by atoms with Crippen molar-refractivity contribution in [3.05, 3.63) is 29.6 Å². The second-order valence-corrected chi connectivity index (χ2v) is 5.93. The van der Waals surface area contributed by atoms with Crippen molar-refractivity contribution >= 4 is 10.0 Å². The van der Waals surface area contributed by atoms with Crippen molar-refractivity contribution in [2.45, 2.75) is 37.6 Å². The van der Waals surface area contributed by atoms with Gasteiger partial charge in [0.2, 0.25) is 10.0 Å². The summed E-state index contributed by atoms with van der Waals surface area (Å²) in [4.78, 5) is -0.0432. The number of rotatable bonds is 6. The van der Waals surface area contributed by atoms with Crippen LogP contribution in [-0.2, 0) is 10.0 Å². The molecule has 1 unspecified atom stereocenters. The Labute approximate surface area is 107 Å². The SMILES string of the molecule is Cc1c(F)cccc1S(=O)(=O)NC(C)CCCO. The molecule has 0 aliphatic carbocycles. The first kappa shape index (κ1) is 15.1. The van der Waals surface area contributed by atoms with E-state index in [4.69, 9.17) is 5.11 Å².